The van der Waals surface area contributed by atoms with Crippen LogP contribution in [0.1, 0.15) is 12.5 Å². The highest BCUT2D eigenvalue weighted by Crippen LogP contribution is 2.33. The fraction of sp³-hybridized carbons (Fsp3) is 0.133. The second-order valence-electron chi connectivity index (χ2n) is 4.83. The number of amides is 1. The summed E-state index contributed by atoms with van der Waals surface area (Å²) in [7, 11) is 0. The predicted octanol–water partition coefficient (Wildman–Crippen LogP) is 2.56. The van der Waals surface area contributed by atoms with Gasteiger partial charge in [0.25, 0.3) is 0 Å². The third kappa shape index (κ3) is 3.03. The summed E-state index contributed by atoms with van der Waals surface area (Å²) in [5.41, 5.74) is 4.99. The van der Waals surface area contributed by atoms with Crippen LogP contribution in [0.3, 0.4) is 0 Å². The number of carbonyl (C=O) groups is 1. The summed E-state index contributed by atoms with van der Waals surface area (Å²) in [5.74, 6) is -1.01. The van der Waals surface area contributed by atoms with E-state index in [0.717, 1.165) is 0 Å². The topological polar surface area (TPSA) is 95.6 Å². The fourth-order valence-electron chi connectivity index (χ4n) is 1.99. The molecule has 1 atom stereocenters. The van der Waals surface area contributed by atoms with Crippen LogP contribution in [0.5, 0.6) is 11.5 Å². The molecule has 0 aliphatic rings. The molecule has 0 saturated carbocycles. The molecule has 0 heterocycles. The molecular weight excluding hydrogens is 292 g/mol. The van der Waals surface area contributed by atoms with Crippen molar-refractivity contribution in [3.8, 4) is 11.5 Å². The predicted molar refractivity (Wildman–Crippen MR) is 81.4 cm³/mol. The monoisotopic (exact) mass is 306 g/mol. The van der Waals surface area contributed by atoms with E-state index in [9.17, 15) is 15.0 Å². The van der Waals surface area contributed by atoms with Crippen molar-refractivity contribution in [3.63, 3.8) is 0 Å². The largest absolute Gasteiger partial charge is 0.508 e. The van der Waals surface area contributed by atoms with Gasteiger partial charge in [0.05, 0.1) is 10.7 Å². The molecule has 110 valence electrons. The molecule has 0 aromatic heterocycles. The molecule has 0 radical (unpaired) electrons. The van der Waals surface area contributed by atoms with E-state index in [1.807, 2.05) is 0 Å². The lowest BCUT2D eigenvalue weighted by Gasteiger charge is -2.29. The van der Waals surface area contributed by atoms with Crippen molar-refractivity contribution in [1.82, 2.24) is 0 Å². The average Bonchev–Trinajstić information content (AvgIpc) is 2.40. The Labute approximate surface area is 127 Å². The number of nitrogens with two attached hydrogens (primary N) is 1. The molecule has 21 heavy (non-hydrogen) atoms. The summed E-state index contributed by atoms with van der Waals surface area (Å²) in [5, 5.41) is 22.6. The smallest absolute Gasteiger partial charge is 0.247 e. The normalized spacial score (nSPS) is 13.4. The molecule has 6 heteroatoms. The van der Waals surface area contributed by atoms with Gasteiger partial charge in [-0.3, -0.25) is 4.79 Å². The standard InChI is InChI=1S/C15H15ClN2O3/c1-15(14(17)21,9-6-10(19)8-11(20)7-9)18-13-5-3-2-4-12(13)16/h2-8,18-20H,1H3,(H2,17,21). The van der Waals surface area contributed by atoms with Crippen LogP contribution in [0.4, 0.5) is 5.69 Å². The lowest BCUT2D eigenvalue weighted by molar-refractivity contribution is -0.122. The number of hydrogen-bond donors (Lipinski definition) is 4. The zero-order valence-corrected chi connectivity index (χ0v) is 12.1. The zero-order chi connectivity index (χ0) is 15.6. The van der Waals surface area contributed by atoms with Crippen molar-refractivity contribution in [2.45, 2.75) is 12.5 Å². The summed E-state index contributed by atoms with van der Waals surface area (Å²) in [6, 6.07) is 10.8. The van der Waals surface area contributed by atoms with Crippen molar-refractivity contribution in [2.24, 2.45) is 5.73 Å². The van der Waals surface area contributed by atoms with Gasteiger partial charge >= 0.3 is 0 Å². The van der Waals surface area contributed by atoms with Gasteiger partial charge < -0.3 is 21.3 Å². The van der Waals surface area contributed by atoms with Gasteiger partial charge in [-0.2, -0.15) is 0 Å². The average molecular weight is 307 g/mol. The number of carbonyl (C=O) groups excluding carboxylic acids is 1. The number of rotatable bonds is 4. The second-order valence-corrected chi connectivity index (χ2v) is 5.24. The van der Waals surface area contributed by atoms with Crippen molar-refractivity contribution < 1.29 is 15.0 Å². The van der Waals surface area contributed by atoms with Crippen LogP contribution >= 0.6 is 11.6 Å². The Morgan fingerprint density at radius 1 is 1.19 bits per heavy atom. The minimum absolute atomic E-state index is 0.168. The lowest BCUT2D eigenvalue weighted by Crippen LogP contribution is -2.45. The van der Waals surface area contributed by atoms with Gasteiger partial charge in [0.2, 0.25) is 5.91 Å². The molecule has 0 aliphatic carbocycles. The van der Waals surface area contributed by atoms with E-state index in [2.05, 4.69) is 5.32 Å². The molecular formula is C15H15ClN2O3. The van der Waals surface area contributed by atoms with Crippen LogP contribution in [0, 0.1) is 0 Å². The molecule has 5 N–H and O–H groups in total. The number of primary amides is 1. The zero-order valence-electron chi connectivity index (χ0n) is 11.3. The van der Waals surface area contributed by atoms with E-state index in [4.69, 9.17) is 17.3 Å². The van der Waals surface area contributed by atoms with Gasteiger partial charge in [-0.15, -0.1) is 0 Å². The van der Waals surface area contributed by atoms with Crippen LogP contribution < -0.4 is 11.1 Å². The maximum Gasteiger partial charge on any atom is 0.247 e. The van der Waals surface area contributed by atoms with Crippen molar-refractivity contribution >= 4 is 23.2 Å². The number of halogens is 1. The summed E-state index contributed by atoms with van der Waals surface area (Å²) in [6.07, 6.45) is 0. The van der Waals surface area contributed by atoms with Crippen LogP contribution in [0.15, 0.2) is 42.5 Å². The molecule has 0 saturated heterocycles. The molecule has 0 aliphatic heterocycles. The van der Waals surface area contributed by atoms with E-state index in [0.29, 0.717) is 16.3 Å². The summed E-state index contributed by atoms with van der Waals surface area (Å²) in [4.78, 5) is 11.9. The lowest BCUT2D eigenvalue weighted by atomic mass is 9.90. The Morgan fingerprint density at radius 3 is 2.29 bits per heavy atom. The first kappa shape index (κ1) is 15.0. The molecule has 0 fully saturated rings. The summed E-state index contributed by atoms with van der Waals surface area (Å²) < 4.78 is 0. The van der Waals surface area contributed by atoms with E-state index >= 15 is 0 Å². The maximum absolute atomic E-state index is 11.9. The van der Waals surface area contributed by atoms with Gasteiger partial charge in [-0.1, -0.05) is 23.7 Å². The molecule has 2 rings (SSSR count). The highest BCUT2D eigenvalue weighted by molar-refractivity contribution is 6.33. The number of anilines is 1. The Balaban J connectivity index is 2.50. The first-order valence-electron chi connectivity index (χ1n) is 6.19. The van der Waals surface area contributed by atoms with Gasteiger partial charge in [-0.25, -0.2) is 0 Å². The molecule has 5 nitrogen and oxygen atoms in total. The molecule has 1 amide bonds. The van der Waals surface area contributed by atoms with E-state index < -0.39 is 11.4 Å². The third-order valence-electron chi connectivity index (χ3n) is 3.23. The molecule has 0 bridgehead atoms. The SMILES string of the molecule is CC(Nc1ccccc1Cl)(C(N)=O)c1cc(O)cc(O)c1. The first-order valence-corrected chi connectivity index (χ1v) is 6.57. The van der Waals surface area contributed by atoms with Crippen LogP contribution in [-0.4, -0.2) is 16.1 Å². The summed E-state index contributed by atoms with van der Waals surface area (Å²) in [6.45, 7) is 1.55. The van der Waals surface area contributed by atoms with E-state index in [-0.39, 0.29) is 11.5 Å². The molecule has 0 spiro atoms. The van der Waals surface area contributed by atoms with Gasteiger partial charge in [0.1, 0.15) is 17.0 Å². The number of hydrogen-bond acceptors (Lipinski definition) is 4. The Kier molecular flexibility index (Phi) is 3.95. The van der Waals surface area contributed by atoms with Crippen molar-refractivity contribution in [3.05, 3.63) is 53.1 Å². The number of nitrogens with one attached hydrogen (secondary N) is 1. The van der Waals surface area contributed by atoms with Gasteiger partial charge in [0, 0.05) is 6.07 Å². The highest BCUT2D eigenvalue weighted by atomic mass is 35.5. The Morgan fingerprint density at radius 2 is 1.76 bits per heavy atom. The van der Waals surface area contributed by atoms with E-state index in [1.165, 1.54) is 18.2 Å². The quantitative estimate of drug-likeness (QED) is 0.698. The maximum atomic E-state index is 11.9. The number of phenols is 2. The Hall–Kier alpha value is -2.40. The van der Waals surface area contributed by atoms with Crippen molar-refractivity contribution in [2.75, 3.05) is 5.32 Å². The van der Waals surface area contributed by atoms with Crippen LogP contribution in [-0.2, 0) is 10.3 Å². The number of para-hydroxylation sites is 1. The fourth-order valence-corrected chi connectivity index (χ4v) is 2.17. The van der Waals surface area contributed by atoms with Crippen molar-refractivity contribution in [1.29, 1.82) is 0 Å². The van der Waals surface area contributed by atoms with E-state index in [1.54, 1.807) is 31.2 Å². The minimum atomic E-state index is -1.35. The highest BCUT2D eigenvalue weighted by Gasteiger charge is 2.34. The third-order valence-corrected chi connectivity index (χ3v) is 3.56. The van der Waals surface area contributed by atoms with Gasteiger partial charge in [0.15, 0.2) is 0 Å². The first-order chi connectivity index (χ1) is 9.83. The second kappa shape index (κ2) is 5.54. The number of benzene rings is 2. The minimum Gasteiger partial charge on any atom is -0.508 e. The molecule has 2 aromatic rings. The molecule has 2 aromatic carbocycles. The molecule has 1 unspecified atom stereocenters. The number of aromatic hydroxyl groups is 2. The Bertz CT molecular complexity index is 670. The van der Waals surface area contributed by atoms with Gasteiger partial charge in [-0.05, 0) is 36.8 Å². The number of phenolic OH excluding ortho intramolecular Hbond substituents is 2. The summed E-state index contributed by atoms with van der Waals surface area (Å²) >= 11 is 6.07. The van der Waals surface area contributed by atoms with Crippen LogP contribution in [0.2, 0.25) is 5.02 Å². The van der Waals surface area contributed by atoms with Crippen LogP contribution in [0.25, 0.3) is 0 Å².